The molecular weight excluding hydrogens is 500 g/mol. The minimum Gasteiger partial charge on any atom is -0.478 e. The second-order valence-electron chi connectivity index (χ2n) is 9.26. The Balaban J connectivity index is 0.000000181. The molecule has 0 saturated heterocycles. The maximum Gasteiger partial charge on any atom is 0.336 e. The fourth-order valence-corrected chi connectivity index (χ4v) is 4.34. The zero-order valence-corrected chi connectivity index (χ0v) is 21.8. The third-order valence-electron chi connectivity index (χ3n) is 6.39. The average molecular weight is 529 g/mol. The zero-order chi connectivity index (χ0) is 28.4. The number of carboxylic acids is 1. The smallest absolute Gasteiger partial charge is 0.336 e. The van der Waals surface area contributed by atoms with E-state index in [0.29, 0.717) is 16.2 Å². The molecule has 0 aliphatic rings. The van der Waals surface area contributed by atoms with Crippen LogP contribution in [0.25, 0.3) is 32.3 Å². The highest BCUT2D eigenvalue weighted by atomic mass is 16.4. The van der Waals surface area contributed by atoms with E-state index >= 15 is 0 Å². The van der Waals surface area contributed by atoms with Crippen LogP contribution < -0.4 is 32.2 Å². The number of hydrazine groups is 1. The van der Waals surface area contributed by atoms with Gasteiger partial charge in [0.15, 0.2) is 0 Å². The summed E-state index contributed by atoms with van der Waals surface area (Å²) in [5.74, 6) is 3.37. The minimum atomic E-state index is -1.17. The molecule has 5 rings (SSSR count). The van der Waals surface area contributed by atoms with Gasteiger partial charge in [-0.1, -0.05) is 24.3 Å². The molecular formula is C28H28N6O5. The lowest BCUT2D eigenvalue weighted by Gasteiger charge is -2.15. The number of benzene rings is 4. The summed E-state index contributed by atoms with van der Waals surface area (Å²) in [6, 6.07) is 18.0. The van der Waals surface area contributed by atoms with Crippen molar-refractivity contribution >= 4 is 55.6 Å². The van der Waals surface area contributed by atoms with Crippen LogP contribution in [-0.4, -0.2) is 55.4 Å². The van der Waals surface area contributed by atoms with Crippen molar-refractivity contribution in [1.29, 1.82) is 0 Å². The molecule has 0 aliphatic carbocycles. The van der Waals surface area contributed by atoms with Crippen LogP contribution in [0.3, 0.4) is 0 Å². The van der Waals surface area contributed by atoms with Crippen LogP contribution in [0, 0.1) is 0 Å². The molecule has 4 aromatic carbocycles. The van der Waals surface area contributed by atoms with E-state index in [1.54, 1.807) is 18.2 Å². The number of rotatable bonds is 4. The number of aromatic nitrogens is 2. The van der Waals surface area contributed by atoms with Crippen LogP contribution in [0.4, 0.5) is 11.4 Å². The number of aromatic carboxylic acids is 1. The number of carbonyl (C=O) groups excluding carboxylic acids is 1. The normalized spacial score (nSPS) is 10.7. The molecule has 39 heavy (non-hydrogen) atoms. The molecule has 0 spiro atoms. The van der Waals surface area contributed by atoms with Crippen molar-refractivity contribution in [3.63, 3.8) is 0 Å². The Morgan fingerprint density at radius 2 is 1.26 bits per heavy atom. The van der Waals surface area contributed by atoms with Crippen molar-refractivity contribution in [2.75, 3.05) is 38.0 Å². The first-order chi connectivity index (χ1) is 18.5. The van der Waals surface area contributed by atoms with Gasteiger partial charge >= 0.3 is 5.97 Å². The van der Waals surface area contributed by atoms with E-state index in [9.17, 15) is 24.3 Å². The van der Waals surface area contributed by atoms with Crippen LogP contribution in [0.5, 0.6) is 0 Å². The number of hydrogen-bond donors (Lipinski definition) is 5. The van der Waals surface area contributed by atoms with Crippen molar-refractivity contribution in [2.24, 2.45) is 5.84 Å². The molecule has 11 nitrogen and oxygen atoms in total. The number of amides is 1. The third-order valence-corrected chi connectivity index (χ3v) is 6.39. The van der Waals surface area contributed by atoms with Gasteiger partial charge in [0.2, 0.25) is 0 Å². The lowest BCUT2D eigenvalue weighted by molar-refractivity contribution is 0.0691. The van der Waals surface area contributed by atoms with Crippen molar-refractivity contribution in [3.05, 3.63) is 92.5 Å². The summed E-state index contributed by atoms with van der Waals surface area (Å²) in [5.41, 5.74) is 3.29. The first kappa shape index (κ1) is 26.9. The van der Waals surface area contributed by atoms with Crippen molar-refractivity contribution in [2.45, 2.75) is 0 Å². The Morgan fingerprint density at radius 1 is 0.744 bits per heavy atom. The lowest BCUT2D eigenvalue weighted by Crippen LogP contribution is -2.31. The largest absolute Gasteiger partial charge is 0.478 e. The quantitative estimate of drug-likeness (QED) is 0.103. The molecule has 11 heteroatoms. The van der Waals surface area contributed by atoms with Gasteiger partial charge in [-0.15, -0.1) is 0 Å². The predicted molar refractivity (Wildman–Crippen MR) is 154 cm³/mol. The summed E-state index contributed by atoms with van der Waals surface area (Å²) in [4.78, 5) is 50.8. The molecule has 0 unspecified atom stereocenters. The number of nitrogens with two attached hydrogens (primary N) is 1. The number of H-pyrrole nitrogens is 2. The molecule has 0 saturated carbocycles. The highest BCUT2D eigenvalue weighted by Crippen LogP contribution is 2.27. The SMILES string of the molecule is CN(C)c1ccc2ccc(C(=O)O)c(C(=O)NN)c2c1.CN(C)c1ccc2ccc3c(=O)[nH][nH]c(=O)c3c2c1. The van der Waals surface area contributed by atoms with E-state index in [0.717, 1.165) is 27.5 Å². The topological polar surface area (TPSA) is 165 Å². The van der Waals surface area contributed by atoms with Gasteiger partial charge in [0, 0.05) is 39.6 Å². The molecule has 1 aromatic heterocycles. The number of hydrogen-bond acceptors (Lipinski definition) is 7. The average Bonchev–Trinajstić information content (AvgIpc) is 2.93. The summed E-state index contributed by atoms with van der Waals surface area (Å²) in [6.07, 6.45) is 0. The molecule has 0 radical (unpaired) electrons. The van der Waals surface area contributed by atoms with Gasteiger partial charge in [-0.3, -0.25) is 30.0 Å². The second-order valence-corrected chi connectivity index (χ2v) is 9.26. The number of anilines is 2. The molecule has 0 atom stereocenters. The van der Waals surface area contributed by atoms with E-state index in [2.05, 4.69) is 10.2 Å². The van der Waals surface area contributed by atoms with Crippen LogP contribution in [-0.2, 0) is 0 Å². The van der Waals surface area contributed by atoms with E-state index < -0.39 is 11.9 Å². The molecule has 1 amide bonds. The molecule has 200 valence electrons. The standard InChI is InChI=1S/C14H15N3O3.C14H13N3O2/c1-17(2)9-5-3-8-4-6-10(14(19)20)12(11(8)7-9)13(18)16-15;1-17(2)9-5-3-8-4-6-10-12(11(8)7-9)14(19)16-15-13(10)18/h3-7H,15H2,1-2H3,(H,16,18)(H,19,20);3-7H,1-2H3,(H,15,18)(H,16,19). The van der Waals surface area contributed by atoms with Crippen LogP contribution in [0.2, 0.25) is 0 Å². The Labute approximate surface area is 222 Å². The Morgan fingerprint density at radius 3 is 1.82 bits per heavy atom. The maximum absolute atomic E-state index is 12.0. The monoisotopic (exact) mass is 528 g/mol. The van der Waals surface area contributed by atoms with Crippen molar-refractivity contribution in [1.82, 2.24) is 15.6 Å². The summed E-state index contributed by atoms with van der Waals surface area (Å²) < 4.78 is 0. The van der Waals surface area contributed by atoms with Crippen molar-refractivity contribution in [3.8, 4) is 0 Å². The van der Waals surface area contributed by atoms with Gasteiger partial charge in [-0.05, 0) is 57.9 Å². The van der Waals surface area contributed by atoms with Crippen LogP contribution in [0.15, 0.2) is 70.3 Å². The fraction of sp³-hybridized carbons (Fsp3) is 0.143. The Bertz CT molecular complexity index is 1860. The zero-order valence-electron chi connectivity index (χ0n) is 21.8. The molecule has 0 aliphatic heterocycles. The predicted octanol–water partition coefficient (Wildman–Crippen LogP) is 2.64. The first-order valence-electron chi connectivity index (χ1n) is 11.9. The highest BCUT2D eigenvalue weighted by Gasteiger charge is 2.19. The van der Waals surface area contributed by atoms with E-state index in [-0.39, 0.29) is 22.2 Å². The fourth-order valence-electron chi connectivity index (χ4n) is 4.34. The summed E-state index contributed by atoms with van der Waals surface area (Å²) in [6.45, 7) is 0. The van der Waals surface area contributed by atoms with Gasteiger partial charge < -0.3 is 14.9 Å². The Kier molecular flexibility index (Phi) is 7.36. The number of carbonyl (C=O) groups is 2. The highest BCUT2D eigenvalue weighted by molar-refractivity contribution is 6.14. The van der Waals surface area contributed by atoms with Gasteiger partial charge in [0.25, 0.3) is 17.0 Å². The summed E-state index contributed by atoms with van der Waals surface area (Å²) >= 11 is 0. The lowest BCUT2D eigenvalue weighted by atomic mass is 9.97. The number of nitrogen functional groups attached to an aromatic ring is 1. The molecule has 0 bridgehead atoms. The second kappa shape index (κ2) is 10.7. The third kappa shape index (κ3) is 5.15. The number of carboxylic acid groups (broad SMARTS) is 1. The maximum atomic E-state index is 12.0. The van der Waals surface area contributed by atoms with Crippen LogP contribution >= 0.6 is 0 Å². The number of nitrogens with one attached hydrogen (secondary N) is 3. The van der Waals surface area contributed by atoms with Crippen molar-refractivity contribution < 1.29 is 14.7 Å². The van der Waals surface area contributed by atoms with E-state index in [4.69, 9.17) is 5.84 Å². The summed E-state index contributed by atoms with van der Waals surface area (Å²) in [5, 5.41) is 17.8. The number of fused-ring (bicyclic) bond motifs is 4. The first-order valence-corrected chi connectivity index (χ1v) is 11.9. The van der Waals surface area contributed by atoms with Crippen LogP contribution in [0.1, 0.15) is 20.7 Å². The Hall–Kier alpha value is -5.16. The summed E-state index contributed by atoms with van der Waals surface area (Å²) in [7, 11) is 7.60. The number of nitrogens with zero attached hydrogens (tertiary/aromatic N) is 2. The van der Waals surface area contributed by atoms with Gasteiger partial charge in [0.05, 0.1) is 21.9 Å². The number of aromatic amines is 2. The molecule has 1 heterocycles. The van der Waals surface area contributed by atoms with Gasteiger partial charge in [0.1, 0.15) is 0 Å². The van der Waals surface area contributed by atoms with E-state index in [1.807, 2.05) is 79.8 Å². The van der Waals surface area contributed by atoms with Gasteiger partial charge in [-0.2, -0.15) is 0 Å². The minimum absolute atomic E-state index is 0.0706. The molecule has 5 aromatic rings. The molecule has 0 fully saturated rings. The molecule has 6 N–H and O–H groups in total. The van der Waals surface area contributed by atoms with E-state index in [1.165, 1.54) is 6.07 Å². The van der Waals surface area contributed by atoms with Gasteiger partial charge in [-0.25, -0.2) is 10.6 Å².